The van der Waals surface area contributed by atoms with Crippen molar-refractivity contribution >= 4 is 17.4 Å². The second-order valence-electron chi connectivity index (χ2n) is 8.31. The lowest BCUT2D eigenvalue weighted by Gasteiger charge is -2.32. The van der Waals surface area contributed by atoms with Crippen LogP contribution in [0.5, 0.6) is 0 Å². The summed E-state index contributed by atoms with van der Waals surface area (Å²) in [6.07, 6.45) is 3.22. The number of aryl methyl sites for hydroxylation is 1. The van der Waals surface area contributed by atoms with Crippen LogP contribution in [0.4, 0.5) is 10.2 Å². The van der Waals surface area contributed by atoms with Crippen LogP contribution in [0.1, 0.15) is 41.5 Å². The highest BCUT2D eigenvalue weighted by Gasteiger charge is 2.29. The van der Waals surface area contributed by atoms with Gasteiger partial charge in [-0.3, -0.25) is 9.47 Å². The maximum absolute atomic E-state index is 13.6. The average molecular weight is 427 g/mol. The zero-order chi connectivity index (χ0) is 20.8. The predicted molar refractivity (Wildman–Crippen MR) is 115 cm³/mol. The number of anilines is 1. The summed E-state index contributed by atoms with van der Waals surface area (Å²) in [6, 6.07) is 7.88. The van der Waals surface area contributed by atoms with Gasteiger partial charge in [0.05, 0.1) is 18.4 Å². The number of benzene rings is 1. The molecule has 0 atom stereocenters. The molecular weight excluding hydrogens is 403 g/mol. The predicted octanol–water partition coefficient (Wildman–Crippen LogP) is 4.09. The lowest BCUT2D eigenvalue weighted by atomic mass is 9.95. The van der Waals surface area contributed by atoms with Crippen molar-refractivity contribution in [2.75, 3.05) is 25.0 Å². The van der Waals surface area contributed by atoms with Crippen molar-refractivity contribution in [3.8, 4) is 5.69 Å². The van der Waals surface area contributed by atoms with E-state index in [1.54, 1.807) is 6.92 Å². The number of pyridine rings is 1. The van der Waals surface area contributed by atoms with Gasteiger partial charge >= 0.3 is 0 Å². The van der Waals surface area contributed by atoms with Gasteiger partial charge in [0.2, 0.25) is 0 Å². The second kappa shape index (κ2) is 7.63. The minimum atomic E-state index is -0.261. The lowest BCUT2D eigenvalue weighted by molar-refractivity contribution is 0.315. The summed E-state index contributed by atoms with van der Waals surface area (Å²) in [4.78, 5) is 8.74. The SMILES string of the molecule is Cc1cc(N2CCC(c3nnc4n3-c3ccc(Cl)cc3CN(C)C4)CC2)ncc1F. The normalized spacial score (nSPS) is 17.5. The van der Waals surface area contributed by atoms with Crippen LogP contribution in [0.2, 0.25) is 5.02 Å². The first kappa shape index (κ1) is 19.5. The van der Waals surface area contributed by atoms with Crippen molar-refractivity contribution in [1.29, 1.82) is 0 Å². The monoisotopic (exact) mass is 426 g/mol. The molecule has 2 aliphatic heterocycles. The van der Waals surface area contributed by atoms with Gasteiger partial charge in [0.1, 0.15) is 17.5 Å². The average Bonchev–Trinajstić information content (AvgIpc) is 3.07. The quantitative estimate of drug-likeness (QED) is 0.617. The number of halogens is 2. The molecule has 8 heteroatoms. The molecule has 0 spiro atoms. The van der Waals surface area contributed by atoms with E-state index in [0.29, 0.717) is 11.5 Å². The van der Waals surface area contributed by atoms with Crippen LogP contribution < -0.4 is 4.90 Å². The molecule has 0 bridgehead atoms. The van der Waals surface area contributed by atoms with Crippen LogP contribution in [0.3, 0.4) is 0 Å². The van der Waals surface area contributed by atoms with E-state index in [1.807, 2.05) is 18.2 Å². The van der Waals surface area contributed by atoms with Gasteiger partial charge in [0.25, 0.3) is 0 Å². The van der Waals surface area contributed by atoms with E-state index >= 15 is 0 Å². The Morgan fingerprint density at radius 1 is 1.10 bits per heavy atom. The van der Waals surface area contributed by atoms with E-state index in [0.717, 1.165) is 67.2 Å². The first-order valence-corrected chi connectivity index (χ1v) is 10.7. The summed E-state index contributed by atoms with van der Waals surface area (Å²) in [5, 5.41) is 9.89. The topological polar surface area (TPSA) is 50.1 Å². The molecule has 30 heavy (non-hydrogen) atoms. The smallest absolute Gasteiger partial charge is 0.151 e. The van der Waals surface area contributed by atoms with Gasteiger partial charge in [-0.1, -0.05) is 11.6 Å². The van der Waals surface area contributed by atoms with E-state index in [1.165, 1.54) is 11.8 Å². The lowest BCUT2D eigenvalue weighted by Crippen LogP contribution is -2.34. The maximum Gasteiger partial charge on any atom is 0.151 e. The fourth-order valence-corrected chi connectivity index (χ4v) is 4.71. The molecular formula is C22H24ClFN6. The highest BCUT2D eigenvalue weighted by Crippen LogP contribution is 2.34. The van der Waals surface area contributed by atoms with Crippen molar-refractivity contribution in [2.45, 2.75) is 38.8 Å². The first-order chi connectivity index (χ1) is 14.5. The molecule has 5 rings (SSSR count). The Morgan fingerprint density at radius 3 is 2.67 bits per heavy atom. The number of piperidine rings is 1. The van der Waals surface area contributed by atoms with Crippen LogP contribution in [-0.4, -0.2) is 44.8 Å². The second-order valence-corrected chi connectivity index (χ2v) is 8.74. The van der Waals surface area contributed by atoms with Crippen molar-refractivity contribution in [2.24, 2.45) is 0 Å². The molecule has 1 aromatic carbocycles. The highest BCUT2D eigenvalue weighted by atomic mass is 35.5. The van der Waals surface area contributed by atoms with Crippen LogP contribution >= 0.6 is 11.6 Å². The van der Waals surface area contributed by atoms with E-state index < -0.39 is 0 Å². The minimum Gasteiger partial charge on any atom is -0.357 e. The molecule has 156 valence electrons. The zero-order valence-electron chi connectivity index (χ0n) is 17.1. The van der Waals surface area contributed by atoms with Crippen molar-refractivity contribution in [1.82, 2.24) is 24.6 Å². The van der Waals surface area contributed by atoms with Crippen LogP contribution in [0.25, 0.3) is 5.69 Å². The Labute approximate surface area is 180 Å². The van der Waals surface area contributed by atoms with Gasteiger partial charge in [-0.2, -0.15) is 0 Å². The summed E-state index contributed by atoms with van der Waals surface area (Å²) >= 11 is 6.27. The Morgan fingerprint density at radius 2 is 1.90 bits per heavy atom. The summed E-state index contributed by atoms with van der Waals surface area (Å²) in [5.74, 6) is 2.88. The number of fused-ring (bicyclic) bond motifs is 3. The molecule has 2 aromatic heterocycles. The molecule has 0 N–H and O–H groups in total. The van der Waals surface area contributed by atoms with Crippen molar-refractivity contribution < 1.29 is 4.39 Å². The van der Waals surface area contributed by atoms with Gasteiger partial charge in [0, 0.05) is 30.6 Å². The van der Waals surface area contributed by atoms with Crippen molar-refractivity contribution in [3.05, 3.63) is 64.1 Å². The highest BCUT2D eigenvalue weighted by molar-refractivity contribution is 6.30. The number of hydrogen-bond donors (Lipinski definition) is 0. The minimum absolute atomic E-state index is 0.261. The molecule has 0 radical (unpaired) electrons. The molecule has 6 nitrogen and oxygen atoms in total. The third kappa shape index (κ3) is 3.46. The molecule has 0 saturated carbocycles. The van der Waals surface area contributed by atoms with Crippen molar-refractivity contribution in [3.63, 3.8) is 0 Å². The van der Waals surface area contributed by atoms with Gasteiger partial charge in [-0.05, 0) is 62.2 Å². The molecule has 4 heterocycles. The molecule has 2 aliphatic rings. The third-order valence-electron chi connectivity index (χ3n) is 6.11. The number of aromatic nitrogens is 4. The van der Waals surface area contributed by atoms with E-state index in [-0.39, 0.29) is 5.82 Å². The number of hydrogen-bond acceptors (Lipinski definition) is 5. The maximum atomic E-state index is 13.6. The Kier molecular flexibility index (Phi) is 4.95. The third-order valence-corrected chi connectivity index (χ3v) is 6.34. The molecule has 0 amide bonds. The van der Waals surface area contributed by atoms with Gasteiger partial charge < -0.3 is 4.90 Å². The summed E-state index contributed by atoms with van der Waals surface area (Å²) < 4.78 is 15.8. The van der Waals surface area contributed by atoms with E-state index in [4.69, 9.17) is 11.6 Å². The Balaban J connectivity index is 1.42. The van der Waals surface area contributed by atoms with E-state index in [9.17, 15) is 4.39 Å². The first-order valence-electron chi connectivity index (χ1n) is 10.3. The number of rotatable bonds is 2. The number of nitrogens with zero attached hydrogens (tertiary/aromatic N) is 6. The summed E-state index contributed by atoms with van der Waals surface area (Å²) in [7, 11) is 2.09. The molecule has 3 aromatic rings. The molecule has 0 unspecified atom stereocenters. The van der Waals surface area contributed by atoms with Gasteiger partial charge in [-0.15, -0.1) is 10.2 Å². The summed E-state index contributed by atoms with van der Waals surface area (Å²) in [5.41, 5.74) is 2.94. The molecule has 0 aliphatic carbocycles. The van der Waals surface area contributed by atoms with Gasteiger partial charge in [0.15, 0.2) is 5.82 Å². The molecule has 1 saturated heterocycles. The largest absolute Gasteiger partial charge is 0.357 e. The van der Waals surface area contributed by atoms with Crippen LogP contribution in [0, 0.1) is 12.7 Å². The Bertz CT molecular complexity index is 1090. The fourth-order valence-electron chi connectivity index (χ4n) is 4.51. The standard InChI is InChI=1S/C22H24ClFN6/c1-14-9-20(25-11-18(14)24)29-7-5-15(6-8-29)22-27-26-21-13-28(2)12-16-10-17(23)3-4-19(16)30(21)22/h3-4,9-11,15H,5-8,12-13H2,1-2H3. The fraction of sp³-hybridized carbons (Fsp3) is 0.409. The zero-order valence-corrected chi connectivity index (χ0v) is 17.9. The Hall–Kier alpha value is -2.51. The van der Waals surface area contributed by atoms with E-state index in [2.05, 4.69) is 42.7 Å². The molecule has 1 fully saturated rings. The van der Waals surface area contributed by atoms with Gasteiger partial charge in [-0.25, -0.2) is 9.37 Å². The van der Waals surface area contributed by atoms with Crippen LogP contribution in [0.15, 0.2) is 30.5 Å². The van der Waals surface area contributed by atoms with Crippen LogP contribution in [-0.2, 0) is 13.1 Å². The summed E-state index contributed by atoms with van der Waals surface area (Å²) in [6.45, 7) is 5.07.